The average molecular weight is 572 g/mol. The fourth-order valence-corrected chi connectivity index (χ4v) is 3.89. The molecule has 0 saturated carbocycles. The SMILES string of the molecule is CCCCNc1nc2cc([N+](=O)[O-])ccc2nc1Nc1ccc2c(c1)OCCOCCOCCOCCOCCO2. The first-order valence-electron chi connectivity index (χ1n) is 13.8. The second kappa shape index (κ2) is 16.5. The smallest absolute Gasteiger partial charge is 0.271 e. The Morgan fingerprint density at radius 3 is 2.00 bits per heavy atom. The molecule has 0 saturated heterocycles. The lowest BCUT2D eigenvalue weighted by Gasteiger charge is -2.17. The number of hydrogen-bond donors (Lipinski definition) is 2. The van der Waals surface area contributed by atoms with Gasteiger partial charge in [0.2, 0.25) is 0 Å². The molecule has 3 aromatic rings. The van der Waals surface area contributed by atoms with E-state index in [-0.39, 0.29) is 5.69 Å². The van der Waals surface area contributed by atoms with Crippen LogP contribution in [0.1, 0.15) is 19.8 Å². The van der Waals surface area contributed by atoms with Crippen molar-refractivity contribution in [3.8, 4) is 11.5 Å². The number of benzene rings is 2. The van der Waals surface area contributed by atoms with E-state index in [0.29, 0.717) is 112 Å². The predicted molar refractivity (Wildman–Crippen MR) is 154 cm³/mol. The Bertz CT molecular complexity index is 1260. The second-order valence-corrected chi connectivity index (χ2v) is 9.06. The predicted octanol–water partition coefficient (Wildman–Crippen LogP) is 4.33. The Balaban J connectivity index is 1.53. The molecule has 0 atom stereocenters. The first-order chi connectivity index (χ1) is 20.1. The molecule has 0 unspecified atom stereocenters. The number of nitrogens with zero attached hydrogens (tertiary/aromatic N) is 3. The van der Waals surface area contributed by atoms with Crippen LogP contribution in [0.15, 0.2) is 36.4 Å². The third-order valence-electron chi connectivity index (χ3n) is 5.97. The van der Waals surface area contributed by atoms with Crippen LogP contribution < -0.4 is 20.1 Å². The summed E-state index contributed by atoms with van der Waals surface area (Å²) in [6.45, 7) is 7.12. The molecule has 2 N–H and O–H groups in total. The van der Waals surface area contributed by atoms with Crippen molar-refractivity contribution in [2.45, 2.75) is 19.8 Å². The minimum absolute atomic E-state index is 0.0390. The quantitative estimate of drug-likeness (QED) is 0.236. The first kappa shape index (κ1) is 30.2. The van der Waals surface area contributed by atoms with Crippen molar-refractivity contribution in [2.75, 3.05) is 83.2 Å². The minimum atomic E-state index is -0.445. The number of anilines is 3. The van der Waals surface area contributed by atoms with Crippen LogP contribution >= 0.6 is 0 Å². The van der Waals surface area contributed by atoms with E-state index in [9.17, 15) is 10.1 Å². The van der Waals surface area contributed by atoms with Gasteiger partial charge in [0, 0.05) is 30.4 Å². The second-order valence-electron chi connectivity index (χ2n) is 9.06. The lowest BCUT2D eigenvalue weighted by molar-refractivity contribution is -0.384. The van der Waals surface area contributed by atoms with Crippen LogP contribution in [0.25, 0.3) is 11.0 Å². The van der Waals surface area contributed by atoms with Gasteiger partial charge in [0.05, 0.1) is 68.8 Å². The zero-order valence-electron chi connectivity index (χ0n) is 23.3. The molecule has 0 amide bonds. The summed E-state index contributed by atoms with van der Waals surface area (Å²) in [4.78, 5) is 20.2. The summed E-state index contributed by atoms with van der Waals surface area (Å²) in [5.74, 6) is 2.09. The number of hydrogen-bond acceptors (Lipinski definition) is 12. The van der Waals surface area contributed by atoms with Crippen LogP contribution in [-0.2, 0) is 18.9 Å². The van der Waals surface area contributed by atoms with Gasteiger partial charge in [-0.3, -0.25) is 10.1 Å². The van der Waals surface area contributed by atoms with Gasteiger partial charge in [-0.15, -0.1) is 0 Å². The van der Waals surface area contributed by atoms with Gasteiger partial charge < -0.3 is 39.1 Å². The monoisotopic (exact) mass is 571 g/mol. The van der Waals surface area contributed by atoms with Gasteiger partial charge in [0.15, 0.2) is 23.1 Å². The topological polar surface area (TPSA) is 148 Å². The average Bonchev–Trinajstić information content (AvgIpc) is 2.97. The van der Waals surface area contributed by atoms with E-state index in [2.05, 4.69) is 22.5 Å². The third-order valence-corrected chi connectivity index (χ3v) is 5.97. The maximum Gasteiger partial charge on any atom is 0.271 e. The van der Waals surface area contributed by atoms with Gasteiger partial charge in [-0.25, -0.2) is 9.97 Å². The van der Waals surface area contributed by atoms with E-state index in [1.807, 2.05) is 18.2 Å². The van der Waals surface area contributed by atoms with Crippen LogP contribution in [0.4, 0.5) is 23.0 Å². The molecule has 0 aliphatic carbocycles. The number of ether oxygens (including phenoxy) is 6. The van der Waals surface area contributed by atoms with E-state index >= 15 is 0 Å². The summed E-state index contributed by atoms with van der Waals surface area (Å²) in [7, 11) is 0. The zero-order chi connectivity index (χ0) is 28.7. The van der Waals surface area contributed by atoms with Crippen LogP contribution in [0.5, 0.6) is 11.5 Å². The lowest BCUT2D eigenvalue weighted by Crippen LogP contribution is -2.16. The summed E-state index contributed by atoms with van der Waals surface area (Å²) < 4.78 is 34.1. The minimum Gasteiger partial charge on any atom is -0.487 e. The van der Waals surface area contributed by atoms with Crippen molar-refractivity contribution < 1.29 is 33.3 Å². The molecule has 4 rings (SSSR count). The van der Waals surface area contributed by atoms with Crippen molar-refractivity contribution in [1.82, 2.24) is 9.97 Å². The zero-order valence-corrected chi connectivity index (χ0v) is 23.3. The molecular formula is C28H37N5O8. The Labute approximate surface area is 238 Å². The summed E-state index contributed by atoms with van der Waals surface area (Å²) in [6, 6.07) is 9.92. The molecule has 222 valence electrons. The molecule has 0 spiro atoms. The molecule has 13 nitrogen and oxygen atoms in total. The first-order valence-corrected chi connectivity index (χ1v) is 13.8. The lowest BCUT2D eigenvalue weighted by atomic mass is 10.2. The Hall–Kier alpha value is -3.78. The maximum atomic E-state index is 11.3. The summed E-state index contributed by atoms with van der Waals surface area (Å²) in [5, 5.41) is 17.9. The highest BCUT2D eigenvalue weighted by Gasteiger charge is 2.15. The molecule has 1 aliphatic heterocycles. The molecule has 0 fully saturated rings. The summed E-state index contributed by atoms with van der Waals surface area (Å²) >= 11 is 0. The molecule has 2 aromatic carbocycles. The Kier molecular flexibility index (Phi) is 12.1. The normalized spacial score (nSPS) is 15.9. The molecule has 0 radical (unpaired) electrons. The molecular weight excluding hydrogens is 534 g/mol. The standard InChI is InChI=1S/C28H37N5O8/c1-2-3-8-29-27-28(31-23-6-5-22(33(34)35)20-24(23)32-27)30-21-4-7-25-26(19-21)41-18-16-39-14-12-37-10-9-36-11-13-38-15-17-40-25/h4-7,19-20H,2-3,8-18H2,1H3,(H,29,32)(H,30,31). The number of unbranched alkanes of at least 4 members (excludes halogenated alkanes) is 1. The summed E-state index contributed by atoms with van der Waals surface area (Å²) in [5.41, 5.74) is 1.62. The van der Waals surface area contributed by atoms with Crippen molar-refractivity contribution in [1.29, 1.82) is 0 Å². The van der Waals surface area contributed by atoms with Crippen molar-refractivity contribution in [2.24, 2.45) is 0 Å². The highest BCUT2D eigenvalue weighted by atomic mass is 16.6. The Morgan fingerprint density at radius 2 is 1.37 bits per heavy atom. The van der Waals surface area contributed by atoms with Gasteiger partial charge in [-0.1, -0.05) is 13.3 Å². The molecule has 2 heterocycles. The van der Waals surface area contributed by atoms with Crippen molar-refractivity contribution in [3.63, 3.8) is 0 Å². The number of nitro benzene ring substituents is 1. The Morgan fingerprint density at radius 1 is 0.756 bits per heavy atom. The van der Waals surface area contributed by atoms with E-state index in [0.717, 1.165) is 12.8 Å². The van der Waals surface area contributed by atoms with Gasteiger partial charge in [0.1, 0.15) is 13.2 Å². The largest absolute Gasteiger partial charge is 0.487 e. The fraction of sp³-hybridized carbons (Fsp3) is 0.500. The highest BCUT2D eigenvalue weighted by Crippen LogP contribution is 2.33. The van der Waals surface area contributed by atoms with E-state index < -0.39 is 4.92 Å². The van der Waals surface area contributed by atoms with Crippen LogP contribution in [-0.4, -0.2) is 87.5 Å². The maximum absolute atomic E-state index is 11.3. The van der Waals surface area contributed by atoms with Crippen LogP contribution in [0, 0.1) is 10.1 Å². The third kappa shape index (κ3) is 9.67. The number of nitro groups is 1. The van der Waals surface area contributed by atoms with E-state index in [4.69, 9.17) is 33.4 Å². The van der Waals surface area contributed by atoms with Gasteiger partial charge in [0.25, 0.3) is 5.69 Å². The van der Waals surface area contributed by atoms with Gasteiger partial charge in [-0.05, 0) is 24.6 Å². The van der Waals surface area contributed by atoms with E-state index in [1.165, 1.54) is 12.1 Å². The number of aromatic nitrogens is 2. The van der Waals surface area contributed by atoms with Crippen LogP contribution in [0.2, 0.25) is 0 Å². The van der Waals surface area contributed by atoms with Gasteiger partial charge >= 0.3 is 0 Å². The molecule has 41 heavy (non-hydrogen) atoms. The highest BCUT2D eigenvalue weighted by molar-refractivity contribution is 5.83. The number of fused-ring (bicyclic) bond motifs is 2. The molecule has 13 heteroatoms. The van der Waals surface area contributed by atoms with Gasteiger partial charge in [-0.2, -0.15) is 0 Å². The number of nitrogens with one attached hydrogen (secondary N) is 2. The molecule has 1 aromatic heterocycles. The van der Waals surface area contributed by atoms with Crippen molar-refractivity contribution in [3.05, 3.63) is 46.5 Å². The number of non-ortho nitro benzene ring substituents is 1. The molecule has 1 aliphatic rings. The van der Waals surface area contributed by atoms with Crippen molar-refractivity contribution >= 4 is 34.0 Å². The number of rotatable bonds is 7. The fourth-order valence-electron chi connectivity index (χ4n) is 3.89. The summed E-state index contributed by atoms with van der Waals surface area (Å²) in [6.07, 6.45) is 1.93. The van der Waals surface area contributed by atoms with Crippen LogP contribution in [0.3, 0.4) is 0 Å². The van der Waals surface area contributed by atoms with E-state index in [1.54, 1.807) is 6.07 Å². The molecule has 0 bridgehead atoms.